The van der Waals surface area contributed by atoms with Crippen molar-refractivity contribution in [1.29, 1.82) is 0 Å². The quantitative estimate of drug-likeness (QED) is 0.554. The predicted octanol–water partition coefficient (Wildman–Crippen LogP) is 6.36. The summed E-state index contributed by atoms with van der Waals surface area (Å²) in [4.78, 5) is 13.8. The third-order valence-corrected chi connectivity index (χ3v) is 7.16. The molecule has 0 saturated heterocycles. The second-order valence-corrected chi connectivity index (χ2v) is 8.50. The molecule has 0 radical (unpaired) electrons. The Morgan fingerprint density at radius 1 is 1.28 bits per heavy atom. The summed E-state index contributed by atoms with van der Waals surface area (Å²) < 4.78 is 0. The summed E-state index contributed by atoms with van der Waals surface area (Å²) in [6, 6.07) is 0.575. The summed E-state index contributed by atoms with van der Waals surface area (Å²) in [6.45, 7) is 9.75. The molecule has 1 N–H and O–H groups in total. The highest BCUT2D eigenvalue weighted by atomic mass is 32.1. The first-order chi connectivity index (χ1) is 12.0. The molecule has 1 aromatic rings. The van der Waals surface area contributed by atoms with E-state index in [9.17, 15) is 9.90 Å². The maximum absolute atomic E-state index is 11.3. The zero-order valence-electron chi connectivity index (χ0n) is 16.4. The zero-order valence-corrected chi connectivity index (χ0v) is 17.2. The van der Waals surface area contributed by atoms with Gasteiger partial charge in [0.05, 0.1) is 10.6 Å². The van der Waals surface area contributed by atoms with Crippen molar-refractivity contribution in [1.82, 2.24) is 0 Å². The molecule has 0 aliphatic heterocycles. The van der Waals surface area contributed by atoms with Crippen molar-refractivity contribution in [2.45, 2.75) is 85.1 Å². The van der Waals surface area contributed by atoms with Gasteiger partial charge >= 0.3 is 5.97 Å². The fraction of sp³-hybridized carbons (Fsp3) is 0.762. The average molecular weight is 366 g/mol. The Bertz CT molecular complexity index is 546. The second-order valence-electron chi connectivity index (χ2n) is 7.64. The number of carbonyl (C=O) groups is 1. The topological polar surface area (TPSA) is 40.5 Å². The number of aromatic carboxylic acids is 1. The van der Waals surface area contributed by atoms with Crippen molar-refractivity contribution in [3.8, 4) is 0 Å². The summed E-state index contributed by atoms with van der Waals surface area (Å²) >= 11 is 1.60. The van der Waals surface area contributed by atoms with E-state index < -0.39 is 5.97 Å². The molecule has 1 unspecified atom stereocenters. The van der Waals surface area contributed by atoms with Crippen LogP contribution in [0, 0.1) is 18.8 Å². The molecule has 1 atom stereocenters. The van der Waals surface area contributed by atoms with E-state index in [0.29, 0.717) is 11.6 Å². The van der Waals surface area contributed by atoms with Gasteiger partial charge in [0.1, 0.15) is 0 Å². The SMILES string of the molecule is CCCC(CC)CC1CCC(N(CC)c2scc(C(=O)O)c2C)CC1. The Morgan fingerprint density at radius 2 is 1.96 bits per heavy atom. The Hall–Kier alpha value is -1.03. The van der Waals surface area contributed by atoms with Crippen LogP contribution in [0.15, 0.2) is 5.38 Å². The Kier molecular flexibility index (Phi) is 7.80. The van der Waals surface area contributed by atoms with Gasteiger partial charge in [-0.2, -0.15) is 0 Å². The van der Waals surface area contributed by atoms with Gasteiger partial charge in [0.15, 0.2) is 0 Å². The molecule has 1 aliphatic rings. The second kappa shape index (κ2) is 9.61. The molecule has 1 fully saturated rings. The minimum Gasteiger partial charge on any atom is -0.478 e. The van der Waals surface area contributed by atoms with Gasteiger partial charge in [0.25, 0.3) is 0 Å². The van der Waals surface area contributed by atoms with Crippen LogP contribution in [-0.2, 0) is 0 Å². The molecular formula is C21H35NO2S. The minimum atomic E-state index is -0.804. The number of rotatable bonds is 9. The third-order valence-electron chi connectivity index (χ3n) is 6.04. The number of hydrogen-bond donors (Lipinski definition) is 1. The summed E-state index contributed by atoms with van der Waals surface area (Å²) in [7, 11) is 0. The van der Waals surface area contributed by atoms with Gasteiger partial charge in [-0.05, 0) is 63.4 Å². The summed E-state index contributed by atoms with van der Waals surface area (Å²) in [5.74, 6) is 0.998. The number of thiophene rings is 1. The molecule has 25 heavy (non-hydrogen) atoms. The molecular weight excluding hydrogens is 330 g/mol. The van der Waals surface area contributed by atoms with Gasteiger partial charge in [-0.15, -0.1) is 11.3 Å². The van der Waals surface area contributed by atoms with E-state index in [-0.39, 0.29) is 0 Å². The Morgan fingerprint density at radius 3 is 2.44 bits per heavy atom. The summed E-state index contributed by atoms with van der Waals surface area (Å²) in [5, 5.41) is 12.3. The lowest BCUT2D eigenvalue weighted by atomic mass is 9.78. The van der Waals surface area contributed by atoms with Crippen LogP contribution in [0.25, 0.3) is 0 Å². The Balaban J connectivity index is 1.97. The fourth-order valence-electron chi connectivity index (χ4n) is 4.53. The summed E-state index contributed by atoms with van der Waals surface area (Å²) in [5.41, 5.74) is 1.41. The lowest BCUT2D eigenvalue weighted by molar-refractivity contribution is 0.0696. The fourth-order valence-corrected chi connectivity index (χ4v) is 5.74. The van der Waals surface area contributed by atoms with Crippen molar-refractivity contribution in [3.05, 3.63) is 16.5 Å². The van der Waals surface area contributed by atoms with Crippen LogP contribution in [0.4, 0.5) is 5.00 Å². The molecule has 0 aromatic carbocycles. The lowest BCUT2D eigenvalue weighted by Crippen LogP contribution is -2.38. The molecule has 2 rings (SSSR count). The van der Waals surface area contributed by atoms with Gasteiger partial charge in [-0.25, -0.2) is 4.79 Å². The number of anilines is 1. The van der Waals surface area contributed by atoms with Crippen LogP contribution >= 0.6 is 11.3 Å². The van der Waals surface area contributed by atoms with Crippen LogP contribution in [0.3, 0.4) is 0 Å². The van der Waals surface area contributed by atoms with Crippen molar-refractivity contribution >= 4 is 22.3 Å². The molecule has 0 spiro atoms. The van der Waals surface area contributed by atoms with E-state index in [1.165, 1.54) is 56.4 Å². The normalized spacial score (nSPS) is 21.9. The van der Waals surface area contributed by atoms with Crippen LogP contribution in [-0.4, -0.2) is 23.7 Å². The highest BCUT2D eigenvalue weighted by Gasteiger charge is 2.28. The summed E-state index contributed by atoms with van der Waals surface area (Å²) in [6.07, 6.45) is 10.6. The molecule has 142 valence electrons. The molecule has 3 nitrogen and oxygen atoms in total. The highest BCUT2D eigenvalue weighted by Crippen LogP contribution is 2.38. The van der Waals surface area contributed by atoms with Gasteiger partial charge < -0.3 is 10.0 Å². The van der Waals surface area contributed by atoms with Crippen LogP contribution in [0.1, 0.15) is 88.1 Å². The van der Waals surface area contributed by atoms with Gasteiger partial charge in [0, 0.05) is 18.0 Å². The van der Waals surface area contributed by atoms with Crippen molar-refractivity contribution < 1.29 is 9.90 Å². The molecule has 0 amide bonds. The minimum absolute atomic E-state index is 0.470. The Labute approximate surface area is 157 Å². The van der Waals surface area contributed by atoms with E-state index in [1.54, 1.807) is 16.7 Å². The largest absolute Gasteiger partial charge is 0.478 e. The van der Waals surface area contributed by atoms with Crippen molar-refractivity contribution in [3.63, 3.8) is 0 Å². The molecule has 4 heteroatoms. The predicted molar refractivity (Wildman–Crippen MR) is 108 cm³/mol. The van der Waals surface area contributed by atoms with Gasteiger partial charge in [0.2, 0.25) is 0 Å². The first kappa shape index (κ1) is 20.3. The first-order valence-corrected chi connectivity index (χ1v) is 11.0. The third kappa shape index (κ3) is 4.99. The molecule has 1 heterocycles. The van der Waals surface area contributed by atoms with Gasteiger partial charge in [-0.1, -0.05) is 33.1 Å². The van der Waals surface area contributed by atoms with Crippen LogP contribution in [0.2, 0.25) is 0 Å². The van der Waals surface area contributed by atoms with E-state index >= 15 is 0 Å². The maximum Gasteiger partial charge on any atom is 0.336 e. The van der Waals surface area contributed by atoms with E-state index in [0.717, 1.165) is 23.9 Å². The molecule has 1 saturated carbocycles. The molecule has 0 bridgehead atoms. The maximum atomic E-state index is 11.3. The number of carboxylic acid groups (broad SMARTS) is 1. The number of hydrogen-bond acceptors (Lipinski definition) is 3. The van der Waals surface area contributed by atoms with Crippen molar-refractivity contribution in [2.24, 2.45) is 11.8 Å². The van der Waals surface area contributed by atoms with E-state index in [1.807, 2.05) is 6.92 Å². The van der Waals surface area contributed by atoms with Gasteiger partial charge in [-0.3, -0.25) is 0 Å². The number of nitrogens with zero attached hydrogens (tertiary/aromatic N) is 1. The highest BCUT2D eigenvalue weighted by molar-refractivity contribution is 7.14. The number of carboxylic acids is 1. The molecule has 1 aliphatic carbocycles. The van der Waals surface area contributed by atoms with Crippen LogP contribution in [0.5, 0.6) is 0 Å². The standard InChI is InChI=1S/C21H35NO2S/c1-5-8-16(6-2)13-17-9-11-18(12-10-17)22(7-3)20-15(4)19(14-25-20)21(23)24/h14,16-18H,5-13H2,1-4H3,(H,23,24). The lowest BCUT2D eigenvalue weighted by Gasteiger charge is -2.38. The van der Waals surface area contributed by atoms with Crippen LogP contribution < -0.4 is 4.90 Å². The zero-order chi connectivity index (χ0) is 18.4. The average Bonchev–Trinajstić information content (AvgIpc) is 2.98. The van der Waals surface area contributed by atoms with Crippen molar-refractivity contribution in [2.75, 3.05) is 11.4 Å². The van der Waals surface area contributed by atoms with E-state index in [2.05, 4.69) is 25.7 Å². The monoisotopic (exact) mass is 365 g/mol. The molecule has 1 aromatic heterocycles. The smallest absolute Gasteiger partial charge is 0.336 e. The first-order valence-electron chi connectivity index (χ1n) is 10.1. The van der Waals surface area contributed by atoms with E-state index in [4.69, 9.17) is 0 Å².